The van der Waals surface area contributed by atoms with Crippen LogP contribution in [0.5, 0.6) is 0 Å². The lowest BCUT2D eigenvalue weighted by Gasteiger charge is -2.24. The van der Waals surface area contributed by atoms with Crippen LogP contribution in [-0.2, 0) is 17.8 Å². The van der Waals surface area contributed by atoms with Crippen molar-refractivity contribution in [3.8, 4) is 0 Å². The largest absolute Gasteiger partial charge is 0.355 e. The van der Waals surface area contributed by atoms with Crippen LogP contribution in [0.2, 0.25) is 0 Å². The summed E-state index contributed by atoms with van der Waals surface area (Å²) in [5.41, 5.74) is 3.94. The highest BCUT2D eigenvalue weighted by molar-refractivity contribution is 6.06. The molecule has 0 bridgehead atoms. The predicted octanol–water partition coefficient (Wildman–Crippen LogP) is 4.20. The molecule has 1 N–H and O–H groups in total. The van der Waals surface area contributed by atoms with E-state index in [1.54, 1.807) is 29.2 Å². The average molecular weight is 448 g/mol. The van der Waals surface area contributed by atoms with E-state index in [9.17, 15) is 14.0 Å². The topological polar surface area (TPSA) is 52.7 Å². The molecule has 3 rings (SSSR count). The van der Waals surface area contributed by atoms with Crippen LogP contribution in [0.4, 0.5) is 10.1 Å². The third kappa shape index (κ3) is 7.26. The second-order valence-corrected chi connectivity index (χ2v) is 8.38. The zero-order chi connectivity index (χ0) is 23.8. The Kier molecular flexibility index (Phi) is 8.33. The van der Waals surface area contributed by atoms with E-state index in [4.69, 9.17) is 0 Å². The van der Waals surface area contributed by atoms with Gasteiger partial charge in [0.2, 0.25) is 5.91 Å². The van der Waals surface area contributed by atoms with Gasteiger partial charge in [-0.05, 0) is 68.5 Å². The van der Waals surface area contributed by atoms with Crippen molar-refractivity contribution in [2.75, 3.05) is 32.1 Å². The standard InChI is InChI=1S/C27H30FN3O2/c1-20-7-11-23(12-8-20)27(33)31(19-21-9-13-24(28)14-10-21)25-6-4-5-22(17-25)18-26(32)29-15-16-30(2)3/h4-14,17H,15-16,18-19H2,1-3H3,(H,29,32). The van der Waals surface area contributed by atoms with Gasteiger partial charge in [0.05, 0.1) is 13.0 Å². The molecule has 0 heterocycles. The molecule has 0 unspecified atom stereocenters. The van der Waals surface area contributed by atoms with Crippen LogP contribution < -0.4 is 10.2 Å². The molecule has 0 aliphatic rings. The number of aryl methyl sites for hydroxylation is 1. The van der Waals surface area contributed by atoms with Gasteiger partial charge in [-0.2, -0.15) is 0 Å². The van der Waals surface area contributed by atoms with Crippen LogP contribution in [0, 0.1) is 12.7 Å². The zero-order valence-electron chi connectivity index (χ0n) is 19.3. The number of nitrogens with zero attached hydrogens (tertiary/aromatic N) is 2. The van der Waals surface area contributed by atoms with E-state index in [0.717, 1.165) is 23.2 Å². The highest BCUT2D eigenvalue weighted by Gasteiger charge is 2.19. The normalized spacial score (nSPS) is 10.8. The summed E-state index contributed by atoms with van der Waals surface area (Å²) in [6.07, 6.45) is 0.227. The summed E-state index contributed by atoms with van der Waals surface area (Å²) in [5.74, 6) is -0.548. The lowest BCUT2D eigenvalue weighted by atomic mass is 10.1. The Morgan fingerprint density at radius 3 is 2.27 bits per heavy atom. The first-order valence-electron chi connectivity index (χ1n) is 10.9. The Bertz CT molecular complexity index is 1080. The Balaban J connectivity index is 1.84. The Hall–Kier alpha value is -3.51. The number of amides is 2. The molecule has 0 aliphatic heterocycles. The first-order valence-corrected chi connectivity index (χ1v) is 10.9. The number of benzene rings is 3. The SMILES string of the molecule is Cc1ccc(C(=O)N(Cc2ccc(F)cc2)c2cccc(CC(=O)NCCN(C)C)c2)cc1. The highest BCUT2D eigenvalue weighted by Crippen LogP contribution is 2.22. The third-order valence-electron chi connectivity index (χ3n) is 5.27. The minimum absolute atomic E-state index is 0.0658. The molecular weight excluding hydrogens is 417 g/mol. The zero-order valence-corrected chi connectivity index (χ0v) is 19.3. The highest BCUT2D eigenvalue weighted by atomic mass is 19.1. The molecule has 0 radical (unpaired) electrons. The van der Waals surface area contributed by atoms with E-state index in [-0.39, 0.29) is 30.6 Å². The van der Waals surface area contributed by atoms with Crippen LogP contribution in [0.15, 0.2) is 72.8 Å². The lowest BCUT2D eigenvalue weighted by molar-refractivity contribution is -0.120. The van der Waals surface area contributed by atoms with Gasteiger partial charge >= 0.3 is 0 Å². The minimum Gasteiger partial charge on any atom is -0.355 e. The van der Waals surface area contributed by atoms with Crippen molar-refractivity contribution in [3.63, 3.8) is 0 Å². The summed E-state index contributed by atoms with van der Waals surface area (Å²) in [7, 11) is 3.91. The lowest BCUT2D eigenvalue weighted by Crippen LogP contribution is -2.32. The summed E-state index contributed by atoms with van der Waals surface area (Å²) >= 11 is 0. The van der Waals surface area contributed by atoms with Gasteiger partial charge in [-0.25, -0.2) is 4.39 Å². The van der Waals surface area contributed by atoms with Gasteiger partial charge in [0.25, 0.3) is 5.91 Å². The quantitative estimate of drug-likeness (QED) is 0.535. The minimum atomic E-state index is -0.322. The summed E-state index contributed by atoms with van der Waals surface area (Å²) in [5, 5.41) is 2.91. The molecule has 0 aromatic heterocycles. The van der Waals surface area contributed by atoms with Crippen molar-refractivity contribution < 1.29 is 14.0 Å². The number of carbonyl (C=O) groups excluding carboxylic acids is 2. The number of nitrogens with one attached hydrogen (secondary N) is 1. The van der Waals surface area contributed by atoms with Gasteiger partial charge < -0.3 is 15.1 Å². The van der Waals surface area contributed by atoms with Crippen LogP contribution in [0.3, 0.4) is 0 Å². The van der Waals surface area contributed by atoms with Crippen LogP contribution in [-0.4, -0.2) is 43.9 Å². The van der Waals surface area contributed by atoms with Crippen molar-refractivity contribution in [1.29, 1.82) is 0 Å². The molecule has 33 heavy (non-hydrogen) atoms. The molecule has 2 amide bonds. The number of anilines is 1. The first-order chi connectivity index (χ1) is 15.8. The fourth-order valence-electron chi connectivity index (χ4n) is 3.41. The third-order valence-corrected chi connectivity index (χ3v) is 5.27. The van der Waals surface area contributed by atoms with Gasteiger partial charge in [-0.15, -0.1) is 0 Å². The summed E-state index contributed by atoms with van der Waals surface area (Å²) in [6.45, 7) is 3.60. The Morgan fingerprint density at radius 1 is 0.909 bits per heavy atom. The van der Waals surface area contributed by atoms with Crippen molar-refractivity contribution in [2.24, 2.45) is 0 Å². The molecule has 0 saturated heterocycles. The van der Waals surface area contributed by atoms with Crippen molar-refractivity contribution >= 4 is 17.5 Å². The summed E-state index contributed by atoms with van der Waals surface area (Å²) in [6, 6.07) is 21.0. The Labute approximate surface area is 194 Å². The molecule has 0 saturated carbocycles. The molecule has 0 spiro atoms. The maximum Gasteiger partial charge on any atom is 0.258 e. The number of rotatable bonds is 9. The fourth-order valence-corrected chi connectivity index (χ4v) is 3.41. The molecule has 5 nitrogen and oxygen atoms in total. The maximum atomic E-state index is 13.4. The Morgan fingerprint density at radius 2 is 1.61 bits per heavy atom. The van der Waals surface area contributed by atoms with Gasteiger partial charge in [-0.1, -0.05) is 42.0 Å². The second kappa shape index (κ2) is 11.4. The number of hydrogen-bond donors (Lipinski definition) is 1. The monoisotopic (exact) mass is 447 g/mol. The molecule has 0 aliphatic carbocycles. The summed E-state index contributed by atoms with van der Waals surface area (Å²) < 4.78 is 13.4. The molecule has 3 aromatic rings. The maximum absolute atomic E-state index is 13.4. The summed E-state index contributed by atoms with van der Waals surface area (Å²) in [4.78, 5) is 29.4. The van der Waals surface area contributed by atoms with Crippen molar-refractivity contribution in [1.82, 2.24) is 10.2 Å². The van der Waals surface area contributed by atoms with Crippen molar-refractivity contribution in [3.05, 3.63) is 101 Å². The van der Waals surface area contributed by atoms with Crippen LogP contribution >= 0.6 is 0 Å². The number of halogens is 1. The van der Waals surface area contributed by atoms with E-state index in [2.05, 4.69) is 5.32 Å². The van der Waals surface area contributed by atoms with Crippen LogP contribution in [0.25, 0.3) is 0 Å². The van der Waals surface area contributed by atoms with Gasteiger partial charge in [0.15, 0.2) is 0 Å². The fraction of sp³-hybridized carbons (Fsp3) is 0.259. The van der Waals surface area contributed by atoms with Crippen molar-refractivity contribution in [2.45, 2.75) is 19.9 Å². The van der Waals surface area contributed by atoms with E-state index >= 15 is 0 Å². The van der Waals surface area contributed by atoms with Gasteiger partial charge in [0.1, 0.15) is 5.82 Å². The number of carbonyl (C=O) groups is 2. The van der Waals surface area contributed by atoms with E-state index < -0.39 is 0 Å². The molecule has 172 valence electrons. The number of likely N-dealkylation sites (N-methyl/N-ethyl adjacent to an activating group) is 1. The molecule has 3 aromatic carbocycles. The van der Waals surface area contributed by atoms with E-state index in [1.807, 2.05) is 62.3 Å². The first kappa shape index (κ1) is 24.1. The number of hydrogen-bond acceptors (Lipinski definition) is 3. The average Bonchev–Trinajstić information content (AvgIpc) is 2.78. The smallest absolute Gasteiger partial charge is 0.258 e. The van der Waals surface area contributed by atoms with E-state index in [1.165, 1.54) is 12.1 Å². The van der Waals surface area contributed by atoms with Gasteiger partial charge in [0, 0.05) is 24.3 Å². The predicted molar refractivity (Wildman–Crippen MR) is 130 cm³/mol. The molecular formula is C27H30FN3O2. The van der Waals surface area contributed by atoms with E-state index in [0.29, 0.717) is 17.8 Å². The molecule has 0 atom stereocenters. The molecule has 0 fully saturated rings. The second-order valence-electron chi connectivity index (χ2n) is 8.38. The van der Waals surface area contributed by atoms with Crippen LogP contribution in [0.1, 0.15) is 27.0 Å². The van der Waals surface area contributed by atoms with Gasteiger partial charge in [-0.3, -0.25) is 9.59 Å². The molecule has 6 heteroatoms.